The fourth-order valence-electron chi connectivity index (χ4n) is 3.54. The van der Waals surface area contributed by atoms with E-state index in [2.05, 4.69) is 10.6 Å². The molecule has 0 saturated carbocycles. The summed E-state index contributed by atoms with van der Waals surface area (Å²) >= 11 is -1.00. The molecule has 1 unspecified atom stereocenters. The first-order valence-corrected chi connectivity index (χ1v) is 13.3. The smallest absolute Gasteiger partial charge is 0.246 e. The van der Waals surface area contributed by atoms with E-state index in [0.717, 1.165) is 46.5 Å². The van der Waals surface area contributed by atoms with Crippen LogP contribution in [0.1, 0.15) is 31.2 Å². The van der Waals surface area contributed by atoms with Crippen LogP contribution in [0.5, 0.6) is 0 Å². The number of hydrogen-bond acceptors (Lipinski definition) is 4. The molecule has 184 valence electrons. The fourth-order valence-corrected chi connectivity index (χ4v) is 4.06. The number of nitrogens with one attached hydrogen (secondary N) is 2. The predicted octanol–water partition coefficient (Wildman–Crippen LogP) is 4.92. The number of anilines is 1. The summed E-state index contributed by atoms with van der Waals surface area (Å²) in [6.07, 6.45) is 4.49. The van der Waals surface area contributed by atoms with Gasteiger partial charge in [0.05, 0.1) is 6.61 Å². The van der Waals surface area contributed by atoms with Crippen molar-refractivity contribution in [2.45, 2.75) is 37.2 Å². The molecule has 2 N–H and O–H groups in total. The lowest BCUT2D eigenvalue weighted by molar-refractivity contribution is -0.126. The molecule has 7 heteroatoms. The van der Waals surface area contributed by atoms with Crippen molar-refractivity contribution in [3.8, 4) is 11.1 Å². The Labute approximate surface area is 210 Å². The van der Waals surface area contributed by atoms with Crippen molar-refractivity contribution < 1.29 is 18.9 Å². The maximum Gasteiger partial charge on any atom is 0.246 e. The molecule has 1 atom stereocenters. The van der Waals surface area contributed by atoms with E-state index >= 15 is 0 Å². The second kappa shape index (κ2) is 14.3. The van der Waals surface area contributed by atoms with Crippen molar-refractivity contribution >= 4 is 28.7 Å². The number of carbonyl (C=O) groups is 2. The number of carbonyl (C=O) groups excluding carboxylic acids is 2. The van der Waals surface area contributed by atoms with Crippen molar-refractivity contribution in [1.82, 2.24) is 5.32 Å². The molecule has 0 saturated heterocycles. The van der Waals surface area contributed by atoms with Gasteiger partial charge in [0.15, 0.2) is 4.90 Å². The van der Waals surface area contributed by atoms with Crippen LogP contribution in [0.15, 0.2) is 83.8 Å². The first kappa shape index (κ1) is 26.5. The average molecular weight is 493 g/mol. The highest BCUT2D eigenvalue weighted by Crippen LogP contribution is 2.22. The molecule has 3 aromatic rings. The van der Waals surface area contributed by atoms with Gasteiger partial charge in [-0.2, -0.15) is 0 Å². The first-order chi connectivity index (χ1) is 17.0. The van der Waals surface area contributed by atoms with Crippen LogP contribution in [-0.2, 0) is 32.1 Å². The maximum absolute atomic E-state index is 12.3. The van der Waals surface area contributed by atoms with Crippen LogP contribution < -0.4 is 10.6 Å². The van der Waals surface area contributed by atoms with Gasteiger partial charge in [-0.05, 0) is 65.0 Å². The third-order valence-electron chi connectivity index (χ3n) is 5.41. The highest BCUT2D eigenvalue weighted by atomic mass is 32.2. The quantitative estimate of drug-likeness (QED) is 0.262. The molecule has 0 aliphatic rings. The van der Waals surface area contributed by atoms with Gasteiger partial charge in [-0.15, -0.1) is 0 Å². The van der Waals surface area contributed by atoms with Gasteiger partial charge in [0.2, 0.25) is 11.8 Å². The third-order valence-corrected chi connectivity index (χ3v) is 6.35. The summed E-state index contributed by atoms with van der Waals surface area (Å²) in [4.78, 5) is 25.0. The molecule has 0 aliphatic carbocycles. The van der Waals surface area contributed by atoms with Gasteiger partial charge in [0.1, 0.15) is 12.9 Å². The minimum Gasteiger partial charge on any atom is -0.612 e. The molecule has 0 spiro atoms. The van der Waals surface area contributed by atoms with E-state index in [1.165, 1.54) is 0 Å². The van der Waals surface area contributed by atoms with Crippen LogP contribution >= 0.6 is 0 Å². The van der Waals surface area contributed by atoms with E-state index < -0.39 is 11.2 Å². The zero-order chi connectivity index (χ0) is 24.9. The maximum atomic E-state index is 12.3. The van der Waals surface area contributed by atoms with E-state index in [4.69, 9.17) is 4.74 Å². The van der Waals surface area contributed by atoms with Crippen molar-refractivity contribution in [3.63, 3.8) is 0 Å². The molecule has 0 aliphatic heterocycles. The topological polar surface area (TPSA) is 90.5 Å². The van der Waals surface area contributed by atoms with E-state index in [0.29, 0.717) is 19.6 Å². The Morgan fingerprint density at radius 2 is 1.60 bits per heavy atom. The Kier molecular flexibility index (Phi) is 10.8. The SMILES string of the molecule is C[S+]([O-])c1ccc(COCC(=O)NCCCCCC(=O)Nc2cccc(-c3ccccc3)c2)cc1. The van der Waals surface area contributed by atoms with Crippen LogP contribution in [0.4, 0.5) is 5.69 Å². The van der Waals surface area contributed by atoms with Crippen LogP contribution in [0.3, 0.4) is 0 Å². The molecule has 35 heavy (non-hydrogen) atoms. The number of hydrogen-bond donors (Lipinski definition) is 2. The first-order valence-electron chi connectivity index (χ1n) is 11.7. The predicted molar refractivity (Wildman–Crippen MR) is 140 cm³/mol. The Bertz CT molecular complexity index is 1070. The Morgan fingerprint density at radius 1 is 0.857 bits per heavy atom. The summed E-state index contributed by atoms with van der Waals surface area (Å²) in [6.45, 7) is 0.874. The summed E-state index contributed by atoms with van der Waals surface area (Å²) < 4.78 is 16.8. The lowest BCUT2D eigenvalue weighted by atomic mass is 10.1. The van der Waals surface area contributed by atoms with Crippen molar-refractivity contribution in [2.24, 2.45) is 0 Å². The highest BCUT2D eigenvalue weighted by molar-refractivity contribution is 7.90. The molecule has 0 aromatic heterocycles. The van der Waals surface area contributed by atoms with Gasteiger partial charge in [-0.25, -0.2) is 0 Å². The molecule has 2 amide bonds. The minimum atomic E-state index is -1.00. The standard InChI is InChI=1S/C28H32N2O4S/c1-35(33)26-16-14-22(15-17-26)20-34-21-28(32)29-18-7-3-6-13-27(31)30-25-12-8-11-24(19-25)23-9-4-2-5-10-23/h2,4-5,8-12,14-17,19H,3,6-7,13,18,20-21H2,1H3,(H,29,32)(H,30,31). The van der Waals surface area contributed by atoms with Crippen molar-refractivity contribution in [1.29, 1.82) is 0 Å². The van der Waals surface area contributed by atoms with Gasteiger partial charge in [0.25, 0.3) is 0 Å². The van der Waals surface area contributed by atoms with E-state index in [1.807, 2.05) is 66.7 Å². The normalized spacial score (nSPS) is 11.6. The molecule has 3 rings (SSSR count). The van der Waals surface area contributed by atoms with Gasteiger partial charge in [-0.3, -0.25) is 9.59 Å². The van der Waals surface area contributed by atoms with Gasteiger partial charge in [-0.1, -0.05) is 61.0 Å². The molecular weight excluding hydrogens is 460 g/mol. The summed E-state index contributed by atoms with van der Waals surface area (Å²) in [7, 11) is 0. The average Bonchev–Trinajstić information content (AvgIpc) is 2.87. The number of rotatable bonds is 13. The summed E-state index contributed by atoms with van der Waals surface area (Å²) in [5.74, 6) is -0.168. The molecular formula is C28H32N2O4S. The monoisotopic (exact) mass is 492 g/mol. The Morgan fingerprint density at radius 3 is 2.34 bits per heavy atom. The third kappa shape index (κ3) is 9.56. The molecule has 0 heterocycles. The molecule has 0 fully saturated rings. The second-order valence-corrected chi connectivity index (χ2v) is 9.63. The number of amides is 2. The fraction of sp³-hybridized carbons (Fsp3) is 0.286. The Hall–Kier alpha value is -3.13. The van der Waals surface area contributed by atoms with E-state index in [9.17, 15) is 14.1 Å². The summed E-state index contributed by atoms with van der Waals surface area (Å²) in [6, 6.07) is 25.2. The van der Waals surface area contributed by atoms with Crippen LogP contribution in [-0.4, -0.2) is 35.8 Å². The van der Waals surface area contributed by atoms with Gasteiger partial charge in [0, 0.05) is 18.7 Å². The van der Waals surface area contributed by atoms with Crippen LogP contribution in [0.25, 0.3) is 11.1 Å². The Balaban J connectivity index is 1.24. The molecule has 3 aromatic carbocycles. The highest BCUT2D eigenvalue weighted by Gasteiger charge is 2.06. The lowest BCUT2D eigenvalue weighted by Gasteiger charge is -2.09. The van der Waals surface area contributed by atoms with Gasteiger partial charge >= 0.3 is 0 Å². The van der Waals surface area contributed by atoms with Gasteiger partial charge < -0.3 is 19.9 Å². The largest absolute Gasteiger partial charge is 0.612 e. The van der Waals surface area contributed by atoms with Crippen molar-refractivity contribution in [2.75, 3.05) is 24.7 Å². The van der Waals surface area contributed by atoms with Crippen LogP contribution in [0.2, 0.25) is 0 Å². The van der Waals surface area contributed by atoms with Crippen molar-refractivity contribution in [3.05, 3.63) is 84.4 Å². The minimum absolute atomic E-state index is 0.00802. The summed E-state index contributed by atoms with van der Waals surface area (Å²) in [5.41, 5.74) is 3.90. The number of ether oxygens (including phenoxy) is 1. The second-order valence-electron chi connectivity index (χ2n) is 8.25. The molecule has 0 bridgehead atoms. The van der Waals surface area contributed by atoms with E-state index in [-0.39, 0.29) is 18.4 Å². The van der Waals surface area contributed by atoms with E-state index in [1.54, 1.807) is 18.4 Å². The summed E-state index contributed by atoms with van der Waals surface area (Å²) in [5, 5.41) is 5.80. The number of benzene rings is 3. The zero-order valence-electron chi connectivity index (χ0n) is 20.0. The lowest BCUT2D eigenvalue weighted by Crippen LogP contribution is -2.28. The molecule has 6 nitrogen and oxygen atoms in total. The number of unbranched alkanes of at least 4 members (excludes halogenated alkanes) is 2. The molecule has 0 radical (unpaired) electrons. The van der Waals surface area contributed by atoms with Crippen LogP contribution in [0, 0.1) is 0 Å². The zero-order valence-corrected chi connectivity index (χ0v) is 20.8.